The van der Waals surface area contributed by atoms with Gasteiger partial charge in [0, 0.05) is 11.6 Å². The van der Waals surface area contributed by atoms with E-state index in [1.807, 2.05) is 0 Å². The number of carbonyl (C=O) groups is 1. The third-order valence-corrected chi connectivity index (χ3v) is 11.8. The van der Waals surface area contributed by atoms with Crippen LogP contribution in [0.4, 0.5) is 0 Å². The molecule has 0 radical (unpaired) electrons. The number of phenols is 5. The number of aromatic hydroxyl groups is 5. The van der Waals surface area contributed by atoms with Crippen LogP contribution in [0.25, 0.3) is 0 Å². The lowest BCUT2D eigenvalue weighted by molar-refractivity contribution is -0.259. The topological polar surface area (TPSA) is 286 Å². The van der Waals surface area contributed by atoms with Gasteiger partial charge in [-0.15, -0.1) is 0 Å². The maximum Gasteiger partial charge on any atom is 0.345 e. The first kappa shape index (κ1) is 37.4. The van der Waals surface area contributed by atoms with E-state index >= 15 is 0 Å². The Hall–Kier alpha value is -5.21. The van der Waals surface area contributed by atoms with Crippen molar-refractivity contribution in [2.75, 3.05) is 13.2 Å². The summed E-state index contributed by atoms with van der Waals surface area (Å²) in [4.78, 5) is 14.1. The number of aliphatic hydroxyl groups excluding tert-OH is 5. The van der Waals surface area contributed by atoms with E-state index in [9.17, 15) is 61.0 Å². The molecule has 1 spiro atoms. The summed E-state index contributed by atoms with van der Waals surface area (Å²) < 4.78 is 30.6. The van der Waals surface area contributed by atoms with Gasteiger partial charge in [0.2, 0.25) is 5.60 Å². The Kier molecular flexibility index (Phi) is 8.63. The van der Waals surface area contributed by atoms with Crippen molar-refractivity contribution in [1.82, 2.24) is 0 Å². The summed E-state index contributed by atoms with van der Waals surface area (Å²) in [7, 11) is 0. The van der Waals surface area contributed by atoms with Crippen LogP contribution < -0.4 is 4.74 Å². The number of carbonyl (C=O) groups excluding carboxylic acids is 1. The average Bonchev–Trinajstić information content (AvgIpc) is 3.86. The molecular weight excluding hydrogens is 752 g/mol. The van der Waals surface area contributed by atoms with Crippen molar-refractivity contribution in [3.05, 3.63) is 106 Å². The minimum atomic E-state index is -2.76. The summed E-state index contributed by atoms with van der Waals surface area (Å²) in [5, 5.41) is 121. The van der Waals surface area contributed by atoms with Gasteiger partial charge in [0.15, 0.2) is 6.10 Å². The fourth-order valence-electron chi connectivity index (χ4n) is 9.21. The minimum Gasteiger partial charge on any atom is -0.508 e. The molecule has 0 amide bonds. The van der Waals surface area contributed by atoms with E-state index in [2.05, 4.69) is 0 Å². The van der Waals surface area contributed by atoms with Gasteiger partial charge in [-0.2, -0.15) is 0 Å². The van der Waals surface area contributed by atoms with Gasteiger partial charge in [-0.25, -0.2) is 4.79 Å². The summed E-state index contributed by atoms with van der Waals surface area (Å²) in [6, 6.07) is 16.4. The highest BCUT2D eigenvalue weighted by Gasteiger charge is 2.83. The van der Waals surface area contributed by atoms with Crippen LogP contribution in [0.3, 0.4) is 0 Å². The molecule has 17 heteroatoms. The SMILES string of the molecule is O=C1O[C@@H]2[C@@H](O)COC23O[C@@H](c2ccc(O)cc2)[C@H](c2cc(O)c([C@@H]4O[C@H](CO)[C@@H](O)[C@H](O)[C@H]4O)c4c2[C@@H](c2cc(O)cc(O)c2)[C@H](c2ccc(O)cc2)O4)[C@@]13O. The number of hydrogen-bond donors (Lipinski definition) is 11. The van der Waals surface area contributed by atoms with Gasteiger partial charge >= 0.3 is 5.97 Å². The molecule has 5 aliphatic heterocycles. The zero-order valence-electron chi connectivity index (χ0n) is 29.6. The Bertz CT molecular complexity index is 2210. The van der Waals surface area contributed by atoms with Crippen molar-refractivity contribution in [3.8, 4) is 34.5 Å². The number of benzene rings is 4. The van der Waals surface area contributed by atoms with Crippen molar-refractivity contribution in [3.63, 3.8) is 0 Å². The Labute approximate surface area is 322 Å². The van der Waals surface area contributed by atoms with E-state index in [4.69, 9.17) is 23.7 Å². The van der Waals surface area contributed by atoms with Crippen molar-refractivity contribution in [1.29, 1.82) is 0 Å². The monoisotopic (exact) mass is 790 g/mol. The van der Waals surface area contributed by atoms with Crippen molar-refractivity contribution >= 4 is 5.97 Å². The molecule has 57 heavy (non-hydrogen) atoms. The fraction of sp³-hybridized carbons (Fsp3) is 0.375. The molecule has 4 fully saturated rings. The van der Waals surface area contributed by atoms with E-state index in [1.165, 1.54) is 60.7 Å². The zero-order chi connectivity index (χ0) is 40.3. The summed E-state index contributed by atoms with van der Waals surface area (Å²) in [5.41, 5.74) is -2.08. The Morgan fingerprint density at radius 1 is 0.667 bits per heavy atom. The standard InChI is InChI=1S/C40H38O17/c41-13-25-30(48)31(49)32(50)36(54-25)28-23(46)12-22(27-26(17-9-20(44)11-21(45)10-17)33(55-35(27)28)15-1-5-18(42)6-2-15)29-34(16-3-7-19(43)8-4-16)57-40-37(24(47)14-53-40)56-38(51)39(29,40)52/h1-12,24-26,29-34,36-37,41-50,52H,13-14H2/t24-,25+,26+,29-,30+,31-,32+,33-,34-,36-,37+,39+,40?/m0/s1. The molecule has 13 atom stereocenters. The molecule has 5 heterocycles. The molecule has 0 aromatic heterocycles. The summed E-state index contributed by atoms with van der Waals surface area (Å²) in [6.45, 7) is -1.20. The molecule has 5 aliphatic rings. The second-order valence-electron chi connectivity index (χ2n) is 15.0. The minimum absolute atomic E-state index is 0.0370. The molecule has 0 aliphatic carbocycles. The Balaban J connectivity index is 1.35. The third-order valence-electron chi connectivity index (χ3n) is 11.8. The number of esters is 1. The predicted molar refractivity (Wildman–Crippen MR) is 188 cm³/mol. The summed E-state index contributed by atoms with van der Waals surface area (Å²) in [5.74, 6) is -8.09. The lowest BCUT2D eigenvalue weighted by atomic mass is 9.70. The second-order valence-corrected chi connectivity index (χ2v) is 15.0. The lowest BCUT2D eigenvalue weighted by Crippen LogP contribution is -2.57. The summed E-state index contributed by atoms with van der Waals surface area (Å²) >= 11 is 0. The molecule has 17 nitrogen and oxygen atoms in total. The van der Waals surface area contributed by atoms with Crippen LogP contribution in [-0.2, 0) is 23.7 Å². The first-order valence-electron chi connectivity index (χ1n) is 18.1. The van der Waals surface area contributed by atoms with Crippen molar-refractivity contribution < 1.29 is 84.7 Å². The van der Waals surface area contributed by atoms with E-state index in [-0.39, 0.29) is 51.0 Å². The number of aliphatic hydroxyl groups is 6. The quantitative estimate of drug-likeness (QED) is 0.119. The number of phenolic OH excluding ortho intramolecular Hbond substituents is 5. The maximum absolute atomic E-state index is 14.1. The third kappa shape index (κ3) is 5.32. The second kappa shape index (κ2) is 13.2. The largest absolute Gasteiger partial charge is 0.508 e. The van der Waals surface area contributed by atoms with Crippen LogP contribution in [-0.4, -0.2) is 123 Å². The number of rotatable bonds is 6. The van der Waals surface area contributed by atoms with Crippen LogP contribution in [0.15, 0.2) is 72.8 Å². The molecular formula is C40H38O17. The van der Waals surface area contributed by atoms with E-state index in [0.29, 0.717) is 11.1 Å². The maximum atomic E-state index is 14.1. The molecule has 11 N–H and O–H groups in total. The van der Waals surface area contributed by atoms with Crippen molar-refractivity contribution in [2.45, 2.75) is 78.2 Å². The van der Waals surface area contributed by atoms with Crippen LogP contribution in [0.5, 0.6) is 34.5 Å². The number of fused-ring (bicyclic) bond motifs is 1. The highest BCUT2D eigenvalue weighted by molar-refractivity contribution is 5.87. The van der Waals surface area contributed by atoms with Gasteiger partial charge in [-0.1, -0.05) is 24.3 Å². The molecule has 0 bridgehead atoms. The first-order valence-corrected chi connectivity index (χ1v) is 18.1. The highest BCUT2D eigenvalue weighted by Crippen LogP contribution is 2.67. The molecule has 0 saturated carbocycles. The van der Waals surface area contributed by atoms with Gasteiger partial charge in [-0.3, -0.25) is 0 Å². The van der Waals surface area contributed by atoms with Gasteiger partial charge in [0.25, 0.3) is 5.79 Å². The lowest BCUT2D eigenvalue weighted by Gasteiger charge is -2.41. The average molecular weight is 791 g/mol. The van der Waals surface area contributed by atoms with E-state index in [0.717, 1.165) is 12.1 Å². The summed E-state index contributed by atoms with van der Waals surface area (Å²) in [6.07, 6.45) is -14.1. The molecule has 1 unspecified atom stereocenters. The van der Waals surface area contributed by atoms with E-state index < -0.39 is 103 Å². The van der Waals surface area contributed by atoms with E-state index in [1.54, 1.807) is 0 Å². The normalized spacial score (nSPS) is 36.7. The number of hydrogen-bond acceptors (Lipinski definition) is 17. The first-order chi connectivity index (χ1) is 27.2. The zero-order valence-corrected chi connectivity index (χ0v) is 29.6. The molecule has 4 aromatic rings. The van der Waals surface area contributed by atoms with Crippen LogP contribution in [0, 0.1) is 0 Å². The molecule has 4 aromatic carbocycles. The van der Waals surface area contributed by atoms with Crippen molar-refractivity contribution in [2.24, 2.45) is 0 Å². The van der Waals surface area contributed by atoms with Gasteiger partial charge < -0.3 is 79.9 Å². The van der Waals surface area contributed by atoms with Crippen LogP contribution in [0.1, 0.15) is 63.5 Å². The van der Waals surface area contributed by atoms with Crippen LogP contribution in [0.2, 0.25) is 0 Å². The van der Waals surface area contributed by atoms with Gasteiger partial charge in [0.05, 0.1) is 36.7 Å². The Morgan fingerprint density at radius 3 is 1.89 bits per heavy atom. The molecule has 4 saturated heterocycles. The van der Waals surface area contributed by atoms with Crippen LogP contribution >= 0.6 is 0 Å². The molecule has 300 valence electrons. The number of ether oxygens (including phenoxy) is 5. The fourth-order valence-corrected chi connectivity index (χ4v) is 9.21. The Morgan fingerprint density at radius 2 is 1.28 bits per heavy atom. The molecule has 9 rings (SSSR count). The smallest absolute Gasteiger partial charge is 0.345 e. The van der Waals surface area contributed by atoms with Gasteiger partial charge in [-0.05, 0) is 64.7 Å². The highest BCUT2D eigenvalue weighted by atomic mass is 16.8. The van der Waals surface area contributed by atoms with Gasteiger partial charge in [0.1, 0.15) is 77.2 Å². The predicted octanol–water partition coefficient (Wildman–Crippen LogP) is 0.594.